The van der Waals surface area contributed by atoms with Gasteiger partial charge in [0.1, 0.15) is 11.6 Å². The summed E-state index contributed by atoms with van der Waals surface area (Å²) in [4.78, 5) is 7.20. The molecular weight excluding hydrogens is 345 g/mol. The van der Waals surface area contributed by atoms with Crippen LogP contribution in [0.3, 0.4) is 0 Å². The fraction of sp³-hybridized carbons (Fsp3) is 0.375. The molecule has 7 nitrogen and oxygen atoms in total. The number of aliphatic hydroxyl groups is 1. The van der Waals surface area contributed by atoms with Crippen LogP contribution >= 0.6 is 11.3 Å². The fourth-order valence-electron chi connectivity index (χ4n) is 3.01. The molecule has 1 aromatic carbocycles. The molecule has 0 saturated carbocycles. The Morgan fingerprint density at radius 1 is 1.44 bits per heavy atom. The summed E-state index contributed by atoms with van der Waals surface area (Å²) in [6.45, 7) is 1.24. The van der Waals surface area contributed by atoms with Gasteiger partial charge < -0.3 is 20.5 Å². The Morgan fingerprint density at radius 3 is 3.04 bits per heavy atom. The van der Waals surface area contributed by atoms with E-state index in [1.54, 1.807) is 16.8 Å². The van der Waals surface area contributed by atoms with Gasteiger partial charge in [-0.25, -0.2) is 13.9 Å². The van der Waals surface area contributed by atoms with Gasteiger partial charge in [-0.05, 0) is 18.6 Å². The molecule has 3 aromatic rings. The Labute approximate surface area is 147 Å². The van der Waals surface area contributed by atoms with Gasteiger partial charge >= 0.3 is 0 Å². The summed E-state index contributed by atoms with van der Waals surface area (Å²) in [6, 6.07) is 4.09. The SMILES string of the molecule is COc1cc(F)ccc1-c1cnc2sc(N3CC[C@H](O)[C@H](N)C3)nn12. The molecule has 0 unspecified atom stereocenters. The number of rotatable bonds is 3. The van der Waals surface area contributed by atoms with Crippen molar-refractivity contribution in [2.24, 2.45) is 5.73 Å². The Kier molecular flexibility index (Phi) is 4.06. The Morgan fingerprint density at radius 2 is 2.28 bits per heavy atom. The fourth-order valence-corrected chi connectivity index (χ4v) is 3.93. The number of halogens is 1. The second kappa shape index (κ2) is 6.25. The zero-order chi connectivity index (χ0) is 17.6. The molecule has 0 aliphatic carbocycles. The summed E-state index contributed by atoms with van der Waals surface area (Å²) in [7, 11) is 1.50. The molecule has 0 amide bonds. The maximum absolute atomic E-state index is 13.5. The molecule has 1 saturated heterocycles. The topological polar surface area (TPSA) is 88.9 Å². The van der Waals surface area contributed by atoms with Crippen molar-refractivity contribution in [3.05, 3.63) is 30.2 Å². The number of imidazole rings is 1. The van der Waals surface area contributed by atoms with Gasteiger partial charge in [0.25, 0.3) is 0 Å². The average molecular weight is 363 g/mol. The first-order valence-corrected chi connectivity index (χ1v) is 8.75. The van der Waals surface area contributed by atoms with Crippen LogP contribution < -0.4 is 15.4 Å². The highest BCUT2D eigenvalue weighted by atomic mass is 32.1. The molecule has 3 heterocycles. The molecule has 0 bridgehead atoms. The average Bonchev–Trinajstić information content (AvgIpc) is 3.18. The van der Waals surface area contributed by atoms with E-state index in [0.717, 1.165) is 21.3 Å². The van der Waals surface area contributed by atoms with Crippen molar-refractivity contribution in [1.29, 1.82) is 0 Å². The summed E-state index contributed by atoms with van der Waals surface area (Å²) in [5.41, 5.74) is 7.41. The lowest BCUT2D eigenvalue weighted by molar-refractivity contribution is 0.124. The molecule has 0 radical (unpaired) electrons. The smallest absolute Gasteiger partial charge is 0.214 e. The van der Waals surface area contributed by atoms with Crippen LogP contribution in [0.1, 0.15) is 6.42 Å². The number of nitrogens with two attached hydrogens (primary N) is 1. The largest absolute Gasteiger partial charge is 0.496 e. The highest BCUT2D eigenvalue weighted by Gasteiger charge is 2.27. The standard InChI is InChI=1S/C16H18FN5O2S/c1-24-14-6-9(17)2-3-10(14)12-7-19-15-22(12)20-16(25-15)21-5-4-13(23)11(18)8-21/h2-3,6-7,11,13,23H,4-5,8,18H2,1H3/t11-,13+/m1/s1. The maximum Gasteiger partial charge on any atom is 0.214 e. The molecule has 4 rings (SSSR count). The lowest BCUT2D eigenvalue weighted by Gasteiger charge is -2.33. The second-order valence-electron chi connectivity index (χ2n) is 6.03. The minimum atomic E-state index is -0.473. The predicted octanol–water partition coefficient (Wildman–Crippen LogP) is 1.50. The van der Waals surface area contributed by atoms with E-state index in [1.165, 1.54) is 30.6 Å². The van der Waals surface area contributed by atoms with Gasteiger partial charge in [0, 0.05) is 30.8 Å². The zero-order valence-corrected chi connectivity index (χ0v) is 14.4. The molecule has 2 aromatic heterocycles. The summed E-state index contributed by atoms with van der Waals surface area (Å²) < 4.78 is 20.5. The molecule has 2 atom stereocenters. The van der Waals surface area contributed by atoms with E-state index < -0.39 is 6.10 Å². The first-order valence-electron chi connectivity index (χ1n) is 7.94. The molecule has 25 heavy (non-hydrogen) atoms. The lowest BCUT2D eigenvalue weighted by Crippen LogP contribution is -2.51. The third kappa shape index (κ3) is 2.84. The lowest BCUT2D eigenvalue weighted by atomic mass is 10.0. The molecule has 9 heteroatoms. The van der Waals surface area contributed by atoms with E-state index in [0.29, 0.717) is 25.3 Å². The normalized spacial score (nSPS) is 21.0. The summed E-state index contributed by atoms with van der Waals surface area (Å²) in [5.74, 6) is 0.0701. The number of piperidine rings is 1. The number of benzene rings is 1. The third-order valence-corrected chi connectivity index (χ3v) is 5.39. The van der Waals surface area contributed by atoms with Gasteiger partial charge in [-0.2, -0.15) is 0 Å². The van der Waals surface area contributed by atoms with Gasteiger partial charge in [-0.15, -0.1) is 5.10 Å². The number of methoxy groups -OCH3 is 1. The maximum atomic E-state index is 13.5. The first-order chi connectivity index (χ1) is 12.1. The Hall–Kier alpha value is -2.23. The van der Waals surface area contributed by atoms with Crippen LogP contribution in [0.4, 0.5) is 9.52 Å². The van der Waals surface area contributed by atoms with Gasteiger partial charge in [-0.3, -0.25) is 0 Å². The first kappa shape index (κ1) is 16.2. The van der Waals surface area contributed by atoms with Crippen molar-refractivity contribution in [3.8, 4) is 17.0 Å². The Bertz CT molecular complexity index is 911. The summed E-state index contributed by atoms with van der Waals surface area (Å²) in [5, 5.41) is 15.2. The molecule has 3 N–H and O–H groups in total. The van der Waals surface area contributed by atoms with Crippen LogP contribution in [0.15, 0.2) is 24.4 Å². The summed E-state index contributed by atoms with van der Waals surface area (Å²) >= 11 is 1.45. The number of hydrogen-bond acceptors (Lipinski definition) is 7. The minimum absolute atomic E-state index is 0.290. The van der Waals surface area contributed by atoms with Crippen LogP contribution in [-0.2, 0) is 0 Å². The number of ether oxygens (including phenoxy) is 1. The monoisotopic (exact) mass is 363 g/mol. The molecule has 1 fully saturated rings. The van der Waals surface area contributed by atoms with Crippen LogP contribution in [0, 0.1) is 5.82 Å². The van der Waals surface area contributed by atoms with E-state index in [2.05, 4.69) is 15.0 Å². The summed E-state index contributed by atoms with van der Waals surface area (Å²) in [6.07, 6.45) is 1.84. The highest BCUT2D eigenvalue weighted by molar-refractivity contribution is 7.20. The van der Waals surface area contributed by atoms with E-state index in [4.69, 9.17) is 10.5 Å². The van der Waals surface area contributed by atoms with Gasteiger partial charge in [0.2, 0.25) is 10.1 Å². The van der Waals surface area contributed by atoms with Crippen molar-refractivity contribution < 1.29 is 14.2 Å². The van der Waals surface area contributed by atoms with Gasteiger partial charge in [0.15, 0.2) is 0 Å². The number of aromatic nitrogens is 3. The van der Waals surface area contributed by atoms with Gasteiger partial charge in [-0.1, -0.05) is 11.3 Å². The van der Waals surface area contributed by atoms with E-state index in [9.17, 15) is 9.50 Å². The van der Waals surface area contributed by atoms with Crippen molar-refractivity contribution in [1.82, 2.24) is 14.6 Å². The number of fused-ring (bicyclic) bond motifs is 1. The van der Waals surface area contributed by atoms with E-state index >= 15 is 0 Å². The van der Waals surface area contributed by atoms with Gasteiger partial charge in [0.05, 0.1) is 25.1 Å². The van der Waals surface area contributed by atoms with Crippen molar-refractivity contribution in [2.45, 2.75) is 18.6 Å². The quantitative estimate of drug-likeness (QED) is 0.733. The van der Waals surface area contributed by atoms with Crippen molar-refractivity contribution >= 4 is 21.4 Å². The van der Waals surface area contributed by atoms with E-state index in [1.807, 2.05) is 0 Å². The number of anilines is 1. The molecular formula is C16H18FN5O2S. The highest BCUT2D eigenvalue weighted by Crippen LogP contribution is 2.34. The molecule has 132 valence electrons. The minimum Gasteiger partial charge on any atom is -0.496 e. The van der Waals surface area contributed by atoms with Crippen LogP contribution in [0.25, 0.3) is 16.2 Å². The second-order valence-corrected chi connectivity index (χ2v) is 6.97. The Balaban J connectivity index is 1.72. The predicted molar refractivity (Wildman–Crippen MR) is 93.6 cm³/mol. The molecule has 0 spiro atoms. The number of hydrogen-bond donors (Lipinski definition) is 2. The zero-order valence-electron chi connectivity index (χ0n) is 13.6. The van der Waals surface area contributed by atoms with Crippen molar-refractivity contribution in [3.63, 3.8) is 0 Å². The van der Waals surface area contributed by atoms with Crippen molar-refractivity contribution in [2.75, 3.05) is 25.1 Å². The third-order valence-electron chi connectivity index (χ3n) is 4.41. The van der Waals surface area contributed by atoms with Crippen LogP contribution in [-0.4, -0.2) is 52.0 Å². The van der Waals surface area contributed by atoms with E-state index in [-0.39, 0.29) is 11.9 Å². The van der Waals surface area contributed by atoms with Crippen LogP contribution in [0.5, 0.6) is 5.75 Å². The molecule has 1 aliphatic heterocycles. The molecule has 1 aliphatic rings. The number of aliphatic hydroxyl groups excluding tert-OH is 1. The van der Waals surface area contributed by atoms with Crippen LogP contribution in [0.2, 0.25) is 0 Å². The number of nitrogens with zero attached hydrogens (tertiary/aromatic N) is 4.